The number of imidazole rings is 1. The zero-order valence-corrected chi connectivity index (χ0v) is 8.77. The van der Waals surface area contributed by atoms with Gasteiger partial charge in [-0.2, -0.15) is 0 Å². The number of nitrogens with one attached hydrogen (secondary N) is 2. The van der Waals surface area contributed by atoms with Gasteiger partial charge in [-0.05, 0) is 24.4 Å². The lowest BCUT2D eigenvalue weighted by Gasteiger charge is -2.00. The van der Waals surface area contributed by atoms with Crippen LogP contribution in [-0.4, -0.2) is 21.0 Å². The highest BCUT2D eigenvalue weighted by molar-refractivity contribution is 7.71. The fraction of sp³-hybridized carbons (Fsp3) is 0. The van der Waals surface area contributed by atoms with Crippen molar-refractivity contribution in [2.24, 2.45) is 0 Å². The Morgan fingerprint density at radius 2 is 2.00 bits per heavy atom. The second-order valence-electron chi connectivity index (χ2n) is 3.11. The summed E-state index contributed by atoms with van der Waals surface area (Å²) in [7, 11) is 0. The Labute approximate surface area is 94.8 Å². The average molecular weight is 238 g/mol. The van der Waals surface area contributed by atoms with Crippen LogP contribution >= 0.6 is 12.2 Å². The smallest absolute Gasteiger partial charge is 0.354 e. The van der Waals surface area contributed by atoms with Gasteiger partial charge in [-0.3, -0.25) is 0 Å². The molecule has 1 aromatic heterocycles. The monoisotopic (exact) mass is 238 g/mol. The third kappa shape index (κ3) is 1.74. The first-order chi connectivity index (χ1) is 7.59. The molecule has 3 N–H and O–H groups in total. The first-order valence-electron chi connectivity index (χ1n) is 4.40. The molecule has 0 fully saturated rings. The molecular formula is C10H7FN2O2S. The van der Waals surface area contributed by atoms with Gasteiger partial charge in [-0.25, -0.2) is 9.18 Å². The van der Waals surface area contributed by atoms with Crippen molar-refractivity contribution in [3.05, 3.63) is 40.5 Å². The Morgan fingerprint density at radius 1 is 1.31 bits per heavy atom. The molecule has 1 aromatic carbocycles. The van der Waals surface area contributed by atoms with E-state index < -0.39 is 11.8 Å². The Morgan fingerprint density at radius 3 is 2.62 bits per heavy atom. The Kier molecular flexibility index (Phi) is 2.57. The van der Waals surface area contributed by atoms with Crippen LogP contribution in [0.1, 0.15) is 10.5 Å². The van der Waals surface area contributed by atoms with E-state index in [4.69, 9.17) is 17.3 Å². The summed E-state index contributed by atoms with van der Waals surface area (Å²) in [6.45, 7) is 0. The molecule has 0 atom stereocenters. The van der Waals surface area contributed by atoms with Gasteiger partial charge in [0.15, 0.2) is 10.5 Å². The standard InChI is InChI=1S/C10H7FN2O2S/c11-6-4-2-1-3-5(6)7-8(9(14)15)13-10(16)12-7/h1-4H,(H,14,15)(H2,12,13,16). The predicted octanol–water partition coefficient (Wildman–Crippen LogP) is 2.58. The Hall–Kier alpha value is -1.95. The quantitative estimate of drug-likeness (QED) is 0.704. The summed E-state index contributed by atoms with van der Waals surface area (Å²) in [5.41, 5.74) is 0.179. The van der Waals surface area contributed by atoms with Crippen LogP contribution in [0.15, 0.2) is 24.3 Å². The van der Waals surface area contributed by atoms with Gasteiger partial charge in [0.05, 0.1) is 5.69 Å². The van der Waals surface area contributed by atoms with Crippen LogP contribution in [0.3, 0.4) is 0 Å². The topological polar surface area (TPSA) is 68.9 Å². The number of aromatic nitrogens is 2. The fourth-order valence-electron chi connectivity index (χ4n) is 1.41. The molecule has 4 nitrogen and oxygen atoms in total. The summed E-state index contributed by atoms with van der Waals surface area (Å²) in [4.78, 5) is 16.0. The molecule has 2 rings (SSSR count). The van der Waals surface area contributed by atoms with Gasteiger partial charge in [0, 0.05) is 5.56 Å². The van der Waals surface area contributed by atoms with Crippen LogP contribution in [0, 0.1) is 10.6 Å². The number of carboxylic acid groups (broad SMARTS) is 1. The molecule has 0 aliphatic rings. The van der Waals surface area contributed by atoms with Gasteiger partial charge in [-0.1, -0.05) is 12.1 Å². The number of hydrogen-bond donors (Lipinski definition) is 3. The molecule has 2 aromatic rings. The molecule has 0 saturated heterocycles. The van der Waals surface area contributed by atoms with Crippen molar-refractivity contribution < 1.29 is 14.3 Å². The summed E-state index contributed by atoms with van der Waals surface area (Å²) in [5.74, 6) is -1.69. The molecule has 0 amide bonds. The number of benzene rings is 1. The number of carboxylic acids is 1. The summed E-state index contributed by atoms with van der Waals surface area (Å²) in [5, 5.41) is 8.91. The number of rotatable bonds is 2. The van der Waals surface area contributed by atoms with Crippen molar-refractivity contribution in [1.82, 2.24) is 9.97 Å². The molecule has 16 heavy (non-hydrogen) atoms. The molecule has 0 unspecified atom stereocenters. The van der Waals surface area contributed by atoms with Gasteiger partial charge in [0.25, 0.3) is 0 Å². The molecule has 1 heterocycles. The lowest BCUT2D eigenvalue weighted by Crippen LogP contribution is -2.00. The summed E-state index contributed by atoms with van der Waals surface area (Å²) < 4.78 is 13.6. The van der Waals surface area contributed by atoms with E-state index in [0.29, 0.717) is 0 Å². The van der Waals surface area contributed by atoms with E-state index in [2.05, 4.69) is 9.97 Å². The maximum absolute atomic E-state index is 13.5. The third-order valence-corrected chi connectivity index (χ3v) is 2.29. The lowest BCUT2D eigenvalue weighted by atomic mass is 10.1. The average Bonchev–Trinajstić information content (AvgIpc) is 2.61. The molecule has 0 bridgehead atoms. The van der Waals surface area contributed by atoms with Gasteiger partial charge >= 0.3 is 5.97 Å². The minimum absolute atomic E-state index is 0.143. The van der Waals surface area contributed by atoms with E-state index in [1.54, 1.807) is 6.07 Å². The van der Waals surface area contributed by atoms with Crippen LogP contribution < -0.4 is 0 Å². The van der Waals surface area contributed by atoms with E-state index in [1.807, 2.05) is 0 Å². The number of aromatic carboxylic acids is 1. The first-order valence-corrected chi connectivity index (χ1v) is 4.81. The van der Waals surface area contributed by atoms with Crippen LogP contribution in [0.5, 0.6) is 0 Å². The SMILES string of the molecule is O=C(O)c1[nH]c(=S)[nH]c1-c1ccccc1F. The number of aromatic amines is 2. The Balaban J connectivity index is 2.69. The Bertz CT molecular complexity index is 603. The van der Waals surface area contributed by atoms with Gasteiger partial charge in [0.2, 0.25) is 0 Å². The molecule has 0 aliphatic heterocycles. The van der Waals surface area contributed by atoms with Gasteiger partial charge in [0.1, 0.15) is 5.82 Å². The van der Waals surface area contributed by atoms with E-state index >= 15 is 0 Å². The largest absolute Gasteiger partial charge is 0.477 e. The van der Waals surface area contributed by atoms with Crippen molar-refractivity contribution in [2.45, 2.75) is 0 Å². The predicted molar refractivity (Wildman–Crippen MR) is 58.3 cm³/mol. The number of halogens is 1. The second kappa shape index (κ2) is 3.90. The highest BCUT2D eigenvalue weighted by Gasteiger charge is 2.16. The van der Waals surface area contributed by atoms with E-state index in [-0.39, 0.29) is 21.7 Å². The van der Waals surface area contributed by atoms with E-state index in [9.17, 15) is 9.18 Å². The molecule has 82 valence electrons. The van der Waals surface area contributed by atoms with Crippen molar-refractivity contribution in [2.75, 3.05) is 0 Å². The maximum Gasteiger partial charge on any atom is 0.354 e. The zero-order valence-electron chi connectivity index (χ0n) is 7.95. The van der Waals surface area contributed by atoms with Crippen LogP contribution in [0.4, 0.5) is 4.39 Å². The number of hydrogen-bond acceptors (Lipinski definition) is 2. The zero-order chi connectivity index (χ0) is 11.7. The first kappa shape index (κ1) is 10.6. The molecule has 6 heteroatoms. The van der Waals surface area contributed by atoms with E-state index in [1.165, 1.54) is 18.2 Å². The highest BCUT2D eigenvalue weighted by atomic mass is 32.1. The molecule has 0 saturated carbocycles. The summed E-state index contributed by atoms with van der Waals surface area (Å²) >= 11 is 4.79. The lowest BCUT2D eigenvalue weighted by molar-refractivity contribution is 0.0692. The normalized spacial score (nSPS) is 10.3. The molecule has 0 spiro atoms. The molecule has 0 radical (unpaired) electrons. The van der Waals surface area contributed by atoms with Gasteiger partial charge in [-0.15, -0.1) is 0 Å². The second-order valence-corrected chi connectivity index (χ2v) is 3.52. The summed E-state index contributed by atoms with van der Waals surface area (Å²) in [6.07, 6.45) is 0. The van der Waals surface area contributed by atoms with Crippen molar-refractivity contribution >= 4 is 18.2 Å². The molecular weight excluding hydrogens is 231 g/mol. The third-order valence-electron chi connectivity index (χ3n) is 2.08. The van der Waals surface area contributed by atoms with E-state index in [0.717, 1.165) is 0 Å². The number of H-pyrrole nitrogens is 2. The number of carbonyl (C=O) groups is 1. The minimum atomic E-state index is -1.19. The summed E-state index contributed by atoms with van der Waals surface area (Å²) in [6, 6.07) is 5.88. The maximum atomic E-state index is 13.5. The van der Waals surface area contributed by atoms with Crippen molar-refractivity contribution in [3.63, 3.8) is 0 Å². The molecule has 0 aliphatic carbocycles. The van der Waals surface area contributed by atoms with Crippen LogP contribution in [-0.2, 0) is 0 Å². The van der Waals surface area contributed by atoms with Crippen LogP contribution in [0.2, 0.25) is 0 Å². The van der Waals surface area contributed by atoms with Gasteiger partial charge < -0.3 is 15.1 Å². The highest BCUT2D eigenvalue weighted by Crippen LogP contribution is 2.23. The van der Waals surface area contributed by atoms with Crippen LogP contribution in [0.25, 0.3) is 11.3 Å². The van der Waals surface area contributed by atoms with Crippen molar-refractivity contribution in [3.8, 4) is 11.3 Å². The fourth-order valence-corrected chi connectivity index (χ4v) is 1.61. The minimum Gasteiger partial charge on any atom is -0.477 e. The van der Waals surface area contributed by atoms with Crippen molar-refractivity contribution in [1.29, 1.82) is 0 Å².